The van der Waals surface area contributed by atoms with Crippen LogP contribution in [0.3, 0.4) is 0 Å². The number of hydrogen-bond acceptors (Lipinski definition) is 1. The van der Waals surface area contributed by atoms with Gasteiger partial charge in [-0.15, -0.1) is 0 Å². The molecular formula is C22H24NOP. The maximum absolute atomic E-state index is 12.3. The van der Waals surface area contributed by atoms with Crippen LogP contribution in [0.4, 0.5) is 0 Å². The lowest BCUT2D eigenvalue weighted by atomic mass is 10.0. The summed E-state index contributed by atoms with van der Waals surface area (Å²) >= 11 is 0. The highest BCUT2D eigenvalue weighted by Gasteiger charge is 2.08. The number of aryl methyl sites for hydroxylation is 3. The fraction of sp³-hybridized carbons (Fsp3) is 0.227. The first-order valence-corrected chi connectivity index (χ1v) is 9.80. The molecule has 3 aromatic carbocycles. The van der Waals surface area contributed by atoms with E-state index in [0.29, 0.717) is 21.3 Å². The van der Waals surface area contributed by atoms with Gasteiger partial charge < -0.3 is 5.32 Å². The van der Waals surface area contributed by atoms with Crippen LogP contribution < -0.4 is 10.6 Å². The van der Waals surface area contributed by atoms with E-state index in [2.05, 4.69) is 62.5 Å². The molecule has 128 valence electrons. The van der Waals surface area contributed by atoms with Crippen LogP contribution in [0.1, 0.15) is 22.3 Å². The molecule has 0 aliphatic carbocycles. The van der Waals surface area contributed by atoms with Crippen LogP contribution in [0.25, 0.3) is 10.8 Å². The van der Waals surface area contributed by atoms with E-state index in [1.165, 1.54) is 32.8 Å². The quantitative estimate of drug-likeness (QED) is 0.680. The third kappa shape index (κ3) is 4.27. The summed E-state index contributed by atoms with van der Waals surface area (Å²) in [4.78, 5) is 12.3. The summed E-state index contributed by atoms with van der Waals surface area (Å²) in [5.41, 5.74) is 5.02. The summed E-state index contributed by atoms with van der Waals surface area (Å²) in [5, 5.41) is 6.82. The molecular weight excluding hydrogens is 325 g/mol. The van der Waals surface area contributed by atoms with Gasteiger partial charge in [0.1, 0.15) is 0 Å². The fourth-order valence-electron chi connectivity index (χ4n) is 3.33. The predicted molar refractivity (Wildman–Crippen MR) is 109 cm³/mol. The van der Waals surface area contributed by atoms with Gasteiger partial charge in [-0.2, -0.15) is 0 Å². The topological polar surface area (TPSA) is 29.1 Å². The van der Waals surface area contributed by atoms with E-state index < -0.39 is 0 Å². The van der Waals surface area contributed by atoms with Gasteiger partial charge in [0.2, 0.25) is 5.91 Å². The Hall–Kier alpha value is -2.18. The van der Waals surface area contributed by atoms with Crippen molar-refractivity contribution in [1.29, 1.82) is 0 Å². The Labute approximate surface area is 151 Å². The van der Waals surface area contributed by atoms with Crippen molar-refractivity contribution >= 4 is 30.6 Å². The molecule has 0 aliphatic rings. The summed E-state index contributed by atoms with van der Waals surface area (Å²) in [6, 6.07) is 18.9. The standard InChI is InChI=1S/C22H24NOP/c1-15-11-16(2)22(17(3)12-15)25-14-21(24)23-13-19-9-6-8-18-7-4-5-10-20(18)19/h4-12,25H,13-14H2,1-3H3,(H,23,24). The Morgan fingerprint density at radius 3 is 2.40 bits per heavy atom. The highest BCUT2D eigenvalue weighted by molar-refractivity contribution is 7.48. The first kappa shape index (κ1) is 17.6. The first-order valence-electron chi connectivity index (χ1n) is 8.59. The van der Waals surface area contributed by atoms with Gasteiger partial charge in [0.25, 0.3) is 0 Å². The van der Waals surface area contributed by atoms with Gasteiger partial charge in [0.15, 0.2) is 0 Å². The lowest BCUT2D eigenvalue weighted by Crippen LogP contribution is -2.25. The van der Waals surface area contributed by atoms with Crippen LogP contribution in [0.2, 0.25) is 0 Å². The average Bonchev–Trinajstić information content (AvgIpc) is 2.59. The normalized spacial score (nSPS) is 11.3. The smallest absolute Gasteiger partial charge is 0.224 e. The summed E-state index contributed by atoms with van der Waals surface area (Å²) in [5.74, 6) is 0.116. The van der Waals surface area contributed by atoms with Crippen molar-refractivity contribution in [3.05, 3.63) is 76.9 Å². The third-order valence-electron chi connectivity index (χ3n) is 4.46. The van der Waals surface area contributed by atoms with Gasteiger partial charge in [-0.3, -0.25) is 4.79 Å². The van der Waals surface area contributed by atoms with Crippen molar-refractivity contribution in [2.45, 2.75) is 27.3 Å². The molecule has 3 aromatic rings. The lowest BCUT2D eigenvalue weighted by molar-refractivity contribution is -0.118. The van der Waals surface area contributed by atoms with Crippen LogP contribution in [-0.2, 0) is 11.3 Å². The highest BCUT2D eigenvalue weighted by atomic mass is 31.1. The number of fused-ring (bicyclic) bond motifs is 1. The molecule has 0 saturated heterocycles. The van der Waals surface area contributed by atoms with E-state index in [1.807, 2.05) is 18.2 Å². The maximum Gasteiger partial charge on any atom is 0.224 e. The molecule has 0 radical (unpaired) electrons. The van der Waals surface area contributed by atoms with Crippen molar-refractivity contribution in [3.63, 3.8) is 0 Å². The molecule has 0 spiro atoms. The van der Waals surface area contributed by atoms with Gasteiger partial charge in [-0.1, -0.05) is 68.7 Å². The predicted octanol–water partition coefficient (Wildman–Crippen LogP) is 4.39. The number of amides is 1. The second kappa shape index (κ2) is 7.80. The van der Waals surface area contributed by atoms with Crippen LogP contribution >= 0.6 is 8.58 Å². The first-order chi connectivity index (χ1) is 12.0. The number of hydrogen-bond donors (Lipinski definition) is 1. The number of carbonyl (C=O) groups is 1. The van der Waals surface area contributed by atoms with Gasteiger partial charge in [-0.25, -0.2) is 0 Å². The number of benzene rings is 3. The minimum atomic E-state index is 0.116. The number of rotatable bonds is 5. The fourth-order valence-corrected chi connectivity index (χ4v) is 4.49. The number of nitrogens with one attached hydrogen (secondary N) is 1. The molecule has 3 heteroatoms. The molecule has 0 heterocycles. The molecule has 0 fully saturated rings. The Morgan fingerprint density at radius 2 is 1.64 bits per heavy atom. The van der Waals surface area contributed by atoms with Gasteiger partial charge in [0.05, 0.1) is 0 Å². The zero-order chi connectivity index (χ0) is 17.8. The van der Waals surface area contributed by atoms with E-state index in [9.17, 15) is 4.79 Å². The zero-order valence-electron chi connectivity index (χ0n) is 15.0. The molecule has 1 unspecified atom stereocenters. The van der Waals surface area contributed by atoms with E-state index in [-0.39, 0.29) is 5.91 Å². The Kier molecular flexibility index (Phi) is 5.50. The molecule has 1 atom stereocenters. The van der Waals surface area contributed by atoms with E-state index in [4.69, 9.17) is 0 Å². The molecule has 0 aliphatic heterocycles. The van der Waals surface area contributed by atoms with Crippen LogP contribution in [-0.4, -0.2) is 12.1 Å². The zero-order valence-corrected chi connectivity index (χ0v) is 16.0. The Balaban J connectivity index is 1.62. The van der Waals surface area contributed by atoms with Crippen LogP contribution in [0.5, 0.6) is 0 Å². The van der Waals surface area contributed by atoms with Gasteiger partial charge in [-0.05, 0) is 53.5 Å². The summed E-state index contributed by atoms with van der Waals surface area (Å²) in [7, 11) is 0.516. The highest BCUT2D eigenvalue weighted by Crippen LogP contribution is 2.20. The second-order valence-corrected chi connectivity index (χ2v) is 7.75. The van der Waals surface area contributed by atoms with Crippen molar-refractivity contribution in [2.75, 3.05) is 6.16 Å². The molecule has 3 rings (SSSR count). The van der Waals surface area contributed by atoms with E-state index >= 15 is 0 Å². The monoisotopic (exact) mass is 349 g/mol. The summed E-state index contributed by atoms with van der Waals surface area (Å²) in [6.07, 6.45) is 0.551. The number of carbonyl (C=O) groups excluding carboxylic acids is 1. The molecule has 1 N–H and O–H groups in total. The molecule has 2 nitrogen and oxygen atoms in total. The van der Waals surface area contributed by atoms with Crippen molar-refractivity contribution < 1.29 is 4.79 Å². The SMILES string of the molecule is Cc1cc(C)c(PCC(=O)NCc2cccc3ccccc23)c(C)c1. The summed E-state index contributed by atoms with van der Waals surface area (Å²) in [6.45, 7) is 6.97. The molecule has 0 aromatic heterocycles. The maximum atomic E-state index is 12.3. The largest absolute Gasteiger partial charge is 0.352 e. The van der Waals surface area contributed by atoms with E-state index in [1.54, 1.807) is 0 Å². The molecule has 1 amide bonds. The van der Waals surface area contributed by atoms with Gasteiger partial charge >= 0.3 is 0 Å². The third-order valence-corrected chi connectivity index (χ3v) is 6.10. The van der Waals surface area contributed by atoms with E-state index in [0.717, 1.165) is 5.56 Å². The van der Waals surface area contributed by atoms with Crippen molar-refractivity contribution in [2.24, 2.45) is 0 Å². The molecule has 25 heavy (non-hydrogen) atoms. The minimum Gasteiger partial charge on any atom is -0.352 e. The van der Waals surface area contributed by atoms with Crippen molar-refractivity contribution in [1.82, 2.24) is 5.32 Å². The second-order valence-electron chi connectivity index (χ2n) is 6.54. The molecule has 0 saturated carbocycles. The van der Waals surface area contributed by atoms with Crippen LogP contribution in [0, 0.1) is 20.8 Å². The van der Waals surface area contributed by atoms with Crippen LogP contribution in [0.15, 0.2) is 54.6 Å². The average molecular weight is 349 g/mol. The summed E-state index contributed by atoms with van der Waals surface area (Å²) < 4.78 is 0. The van der Waals surface area contributed by atoms with Crippen molar-refractivity contribution in [3.8, 4) is 0 Å². The lowest BCUT2D eigenvalue weighted by Gasteiger charge is -2.12. The van der Waals surface area contributed by atoms with Gasteiger partial charge in [0, 0.05) is 12.7 Å². The Bertz CT molecular complexity index is 889. The molecule has 0 bridgehead atoms. The Morgan fingerprint density at radius 1 is 0.960 bits per heavy atom. The minimum absolute atomic E-state index is 0.116.